The summed E-state index contributed by atoms with van der Waals surface area (Å²) < 4.78 is 0. The van der Waals surface area contributed by atoms with Crippen LogP contribution in [-0.2, 0) is 9.59 Å². The van der Waals surface area contributed by atoms with Gasteiger partial charge in [-0.2, -0.15) is 0 Å². The Balaban J connectivity index is 1.71. The van der Waals surface area contributed by atoms with Crippen LogP contribution < -0.4 is 5.32 Å². The molecule has 0 aromatic rings. The second kappa shape index (κ2) is 4.56. The summed E-state index contributed by atoms with van der Waals surface area (Å²) in [7, 11) is 0. The maximum Gasteiger partial charge on any atom is 0.246 e. The Morgan fingerprint density at radius 3 is 2.44 bits per heavy atom. The summed E-state index contributed by atoms with van der Waals surface area (Å²) in [6, 6.07) is -0.511. The van der Waals surface area contributed by atoms with Crippen molar-refractivity contribution >= 4 is 11.8 Å². The Hall–Kier alpha value is -1.06. The van der Waals surface area contributed by atoms with Crippen molar-refractivity contribution in [1.29, 1.82) is 0 Å². The molecule has 1 aliphatic heterocycles. The van der Waals surface area contributed by atoms with Crippen molar-refractivity contribution in [3.63, 3.8) is 0 Å². The van der Waals surface area contributed by atoms with Gasteiger partial charge in [-0.3, -0.25) is 9.59 Å². The summed E-state index contributed by atoms with van der Waals surface area (Å²) in [5, 5.41) is 2.90. The van der Waals surface area contributed by atoms with Crippen molar-refractivity contribution in [3.05, 3.63) is 0 Å². The largest absolute Gasteiger partial charge is 0.342 e. The lowest BCUT2D eigenvalue weighted by Crippen LogP contribution is -2.63. The van der Waals surface area contributed by atoms with E-state index in [2.05, 4.69) is 5.32 Å². The molecule has 2 unspecified atom stereocenters. The molecule has 3 aliphatic rings. The SMILES string of the molecule is CC1C(=O)NC(C2CC2)C(=O)N1CC1CCCC1. The van der Waals surface area contributed by atoms with Gasteiger partial charge in [-0.15, -0.1) is 0 Å². The smallest absolute Gasteiger partial charge is 0.246 e. The third-order valence-electron chi connectivity index (χ3n) is 4.72. The minimum absolute atomic E-state index is 0.0319. The fraction of sp³-hybridized carbons (Fsp3) is 0.857. The number of amides is 2. The lowest BCUT2D eigenvalue weighted by Gasteiger charge is -2.38. The number of nitrogens with one attached hydrogen (secondary N) is 1. The monoisotopic (exact) mass is 250 g/mol. The number of nitrogens with zero attached hydrogens (tertiary/aromatic N) is 1. The first-order chi connectivity index (χ1) is 8.66. The van der Waals surface area contributed by atoms with E-state index in [1.165, 1.54) is 25.7 Å². The van der Waals surface area contributed by atoms with E-state index in [1.54, 1.807) is 0 Å². The van der Waals surface area contributed by atoms with Crippen LogP contribution in [0, 0.1) is 11.8 Å². The van der Waals surface area contributed by atoms with Gasteiger partial charge in [0.05, 0.1) is 0 Å². The highest BCUT2D eigenvalue weighted by Crippen LogP contribution is 2.35. The van der Waals surface area contributed by atoms with Crippen LogP contribution in [0.25, 0.3) is 0 Å². The van der Waals surface area contributed by atoms with Crippen molar-refractivity contribution in [3.8, 4) is 0 Å². The van der Waals surface area contributed by atoms with Crippen LogP contribution >= 0.6 is 0 Å². The first kappa shape index (κ1) is 12.0. The lowest BCUT2D eigenvalue weighted by atomic mass is 10.0. The maximum absolute atomic E-state index is 12.5. The molecule has 100 valence electrons. The summed E-state index contributed by atoms with van der Waals surface area (Å²) in [4.78, 5) is 26.3. The Morgan fingerprint density at radius 2 is 1.83 bits per heavy atom. The molecule has 0 bridgehead atoms. The van der Waals surface area contributed by atoms with Crippen LogP contribution in [0.1, 0.15) is 45.4 Å². The zero-order valence-corrected chi connectivity index (χ0v) is 11.0. The molecular formula is C14H22N2O2. The van der Waals surface area contributed by atoms with E-state index >= 15 is 0 Å². The molecule has 2 saturated carbocycles. The van der Waals surface area contributed by atoms with Gasteiger partial charge in [-0.1, -0.05) is 12.8 Å². The topological polar surface area (TPSA) is 49.4 Å². The van der Waals surface area contributed by atoms with E-state index < -0.39 is 0 Å². The van der Waals surface area contributed by atoms with Gasteiger partial charge in [0.1, 0.15) is 12.1 Å². The second-order valence-electron chi connectivity index (χ2n) is 6.14. The Labute approximate surface area is 108 Å². The van der Waals surface area contributed by atoms with E-state index in [-0.39, 0.29) is 23.9 Å². The molecular weight excluding hydrogens is 228 g/mol. The van der Waals surface area contributed by atoms with Crippen molar-refractivity contribution in [1.82, 2.24) is 10.2 Å². The zero-order valence-electron chi connectivity index (χ0n) is 11.0. The highest BCUT2D eigenvalue weighted by molar-refractivity contribution is 5.97. The van der Waals surface area contributed by atoms with E-state index in [4.69, 9.17) is 0 Å². The van der Waals surface area contributed by atoms with E-state index in [0.717, 1.165) is 19.4 Å². The van der Waals surface area contributed by atoms with Crippen LogP contribution in [0.3, 0.4) is 0 Å². The van der Waals surface area contributed by atoms with Gasteiger partial charge in [0.2, 0.25) is 11.8 Å². The summed E-state index contributed by atoms with van der Waals surface area (Å²) in [6.07, 6.45) is 7.15. The first-order valence-corrected chi connectivity index (χ1v) is 7.27. The fourth-order valence-corrected chi connectivity index (χ4v) is 3.31. The average molecular weight is 250 g/mol. The molecule has 1 saturated heterocycles. The minimum atomic E-state index is -0.284. The summed E-state index contributed by atoms with van der Waals surface area (Å²) in [6.45, 7) is 2.64. The molecule has 4 nitrogen and oxygen atoms in total. The standard InChI is InChI=1S/C14H22N2O2/c1-9-13(17)15-12(11-6-7-11)14(18)16(9)8-10-4-2-3-5-10/h9-12H,2-8H2,1H3,(H,15,17). The number of carbonyl (C=O) groups is 2. The normalized spacial score (nSPS) is 33.9. The fourth-order valence-electron chi connectivity index (χ4n) is 3.31. The first-order valence-electron chi connectivity index (χ1n) is 7.27. The van der Waals surface area contributed by atoms with Gasteiger partial charge in [-0.05, 0) is 44.4 Å². The number of hydrogen-bond acceptors (Lipinski definition) is 2. The van der Waals surface area contributed by atoms with Gasteiger partial charge < -0.3 is 10.2 Å². The lowest BCUT2D eigenvalue weighted by molar-refractivity contribution is -0.149. The van der Waals surface area contributed by atoms with E-state index in [1.807, 2.05) is 11.8 Å². The highest BCUT2D eigenvalue weighted by atomic mass is 16.2. The van der Waals surface area contributed by atoms with Crippen LogP contribution in [-0.4, -0.2) is 35.3 Å². The summed E-state index contributed by atoms with van der Waals surface area (Å²) in [5.41, 5.74) is 0. The minimum Gasteiger partial charge on any atom is -0.342 e. The van der Waals surface area contributed by atoms with Crippen LogP contribution in [0.15, 0.2) is 0 Å². The number of rotatable bonds is 3. The Bertz CT molecular complexity index is 359. The van der Waals surface area contributed by atoms with E-state index in [0.29, 0.717) is 11.8 Å². The van der Waals surface area contributed by atoms with Crippen molar-refractivity contribution in [2.45, 2.75) is 57.5 Å². The second-order valence-corrected chi connectivity index (χ2v) is 6.14. The number of piperazine rings is 1. The molecule has 0 radical (unpaired) electrons. The summed E-state index contributed by atoms with van der Waals surface area (Å²) >= 11 is 0. The van der Waals surface area contributed by atoms with Crippen LogP contribution in [0.2, 0.25) is 0 Å². The van der Waals surface area contributed by atoms with Gasteiger partial charge in [0, 0.05) is 6.54 Å². The quantitative estimate of drug-likeness (QED) is 0.821. The Morgan fingerprint density at radius 1 is 1.17 bits per heavy atom. The molecule has 1 N–H and O–H groups in total. The molecule has 0 aromatic carbocycles. The maximum atomic E-state index is 12.5. The summed E-state index contributed by atoms with van der Waals surface area (Å²) in [5.74, 6) is 1.21. The van der Waals surface area contributed by atoms with Gasteiger partial charge >= 0.3 is 0 Å². The molecule has 3 rings (SSSR count). The van der Waals surface area contributed by atoms with Crippen molar-refractivity contribution in [2.75, 3.05) is 6.54 Å². The van der Waals surface area contributed by atoms with Gasteiger partial charge in [0.15, 0.2) is 0 Å². The van der Waals surface area contributed by atoms with Crippen LogP contribution in [0.5, 0.6) is 0 Å². The molecule has 0 aromatic heterocycles. The van der Waals surface area contributed by atoms with Gasteiger partial charge in [-0.25, -0.2) is 0 Å². The third kappa shape index (κ3) is 2.13. The number of hydrogen-bond donors (Lipinski definition) is 1. The molecule has 2 aliphatic carbocycles. The van der Waals surface area contributed by atoms with E-state index in [9.17, 15) is 9.59 Å². The molecule has 1 heterocycles. The third-order valence-corrected chi connectivity index (χ3v) is 4.72. The van der Waals surface area contributed by atoms with Gasteiger partial charge in [0.25, 0.3) is 0 Å². The molecule has 4 heteroatoms. The molecule has 18 heavy (non-hydrogen) atoms. The predicted molar refractivity (Wildman–Crippen MR) is 67.8 cm³/mol. The van der Waals surface area contributed by atoms with Crippen molar-refractivity contribution in [2.24, 2.45) is 11.8 Å². The molecule has 3 fully saturated rings. The van der Waals surface area contributed by atoms with Crippen LogP contribution in [0.4, 0.5) is 0 Å². The predicted octanol–water partition coefficient (Wildman–Crippen LogP) is 1.30. The van der Waals surface area contributed by atoms with Crippen molar-refractivity contribution < 1.29 is 9.59 Å². The molecule has 0 spiro atoms. The number of carbonyl (C=O) groups excluding carboxylic acids is 2. The average Bonchev–Trinajstić information content (AvgIpc) is 3.07. The molecule has 2 amide bonds. The molecule has 2 atom stereocenters. The highest BCUT2D eigenvalue weighted by Gasteiger charge is 2.45. The zero-order chi connectivity index (χ0) is 12.7. The Kier molecular flexibility index (Phi) is 3.04.